The topological polar surface area (TPSA) is 90.9 Å². The fourth-order valence-corrected chi connectivity index (χ4v) is 2.61. The summed E-state index contributed by atoms with van der Waals surface area (Å²) in [6.45, 7) is 1.30. The normalized spacial score (nSPS) is 11.2. The van der Waals surface area contributed by atoms with Gasteiger partial charge in [0, 0.05) is 6.42 Å². The second kappa shape index (κ2) is 10.1. The summed E-state index contributed by atoms with van der Waals surface area (Å²) in [5, 5.41) is 2.54. The van der Waals surface area contributed by atoms with E-state index < -0.39 is 30.5 Å². The molecule has 0 aliphatic rings. The molecule has 0 saturated carbocycles. The van der Waals surface area contributed by atoms with Crippen LogP contribution in [0.25, 0.3) is 0 Å². The monoisotopic (exact) mass is 385 g/mol. The quantitative estimate of drug-likeness (QED) is 0.700. The molecular weight excluding hydrogens is 362 g/mol. The first kappa shape index (κ1) is 21.0. The van der Waals surface area contributed by atoms with E-state index in [1.807, 2.05) is 37.3 Å². The van der Waals surface area contributed by atoms with Crippen molar-refractivity contribution in [3.05, 3.63) is 65.2 Å². The lowest BCUT2D eigenvalue weighted by atomic mass is 10.1. The van der Waals surface area contributed by atoms with E-state index in [2.05, 4.69) is 5.32 Å². The minimum absolute atomic E-state index is 0.226. The zero-order valence-corrected chi connectivity index (χ0v) is 16.1. The van der Waals surface area contributed by atoms with Crippen LogP contribution in [0.1, 0.15) is 21.5 Å². The molecule has 7 nitrogen and oxygen atoms in total. The number of rotatable bonds is 8. The lowest BCUT2D eigenvalue weighted by Gasteiger charge is -2.17. The highest BCUT2D eigenvalue weighted by atomic mass is 16.5. The van der Waals surface area contributed by atoms with E-state index in [1.54, 1.807) is 18.2 Å². The summed E-state index contributed by atoms with van der Waals surface area (Å²) in [5.41, 5.74) is 1.94. The van der Waals surface area contributed by atoms with Gasteiger partial charge in [-0.1, -0.05) is 42.0 Å². The van der Waals surface area contributed by atoms with Crippen LogP contribution in [0.5, 0.6) is 5.75 Å². The van der Waals surface area contributed by atoms with Gasteiger partial charge in [0.25, 0.3) is 5.91 Å². The maximum atomic E-state index is 12.3. The third-order valence-electron chi connectivity index (χ3n) is 4.01. The summed E-state index contributed by atoms with van der Waals surface area (Å²) in [5.74, 6) is -1.52. The van der Waals surface area contributed by atoms with E-state index in [4.69, 9.17) is 14.2 Å². The Hall–Kier alpha value is -3.35. The number of amides is 1. The highest BCUT2D eigenvalue weighted by Gasteiger charge is 2.23. The summed E-state index contributed by atoms with van der Waals surface area (Å²) >= 11 is 0. The van der Waals surface area contributed by atoms with Gasteiger partial charge in [-0.15, -0.1) is 0 Å². The fraction of sp³-hybridized carbons (Fsp3) is 0.286. The van der Waals surface area contributed by atoms with Crippen molar-refractivity contribution in [2.75, 3.05) is 20.8 Å². The summed E-state index contributed by atoms with van der Waals surface area (Å²) in [6.07, 6.45) is 0.263. The van der Waals surface area contributed by atoms with Crippen molar-refractivity contribution in [2.45, 2.75) is 19.4 Å². The average molecular weight is 385 g/mol. The minimum Gasteiger partial charge on any atom is -0.496 e. The van der Waals surface area contributed by atoms with Gasteiger partial charge < -0.3 is 19.5 Å². The highest BCUT2D eigenvalue weighted by Crippen LogP contribution is 2.20. The summed E-state index contributed by atoms with van der Waals surface area (Å²) in [6, 6.07) is 13.4. The molecular formula is C21H23NO6. The predicted octanol–water partition coefficient (Wildman–Crippen LogP) is 2.06. The van der Waals surface area contributed by atoms with Crippen LogP contribution in [0.3, 0.4) is 0 Å². The average Bonchev–Trinajstić information content (AvgIpc) is 2.71. The fourth-order valence-electron chi connectivity index (χ4n) is 2.61. The molecule has 0 fully saturated rings. The van der Waals surface area contributed by atoms with E-state index in [0.29, 0.717) is 5.75 Å². The number of hydrogen-bond acceptors (Lipinski definition) is 6. The number of nitrogens with one attached hydrogen (secondary N) is 1. The third kappa shape index (κ3) is 5.84. The Kier molecular flexibility index (Phi) is 7.56. The van der Waals surface area contributed by atoms with Gasteiger partial charge in [0.05, 0.1) is 14.2 Å². The molecule has 7 heteroatoms. The van der Waals surface area contributed by atoms with E-state index in [1.165, 1.54) is 14.2 Å². The minimum atomic E-state index is -0.882. The Morgan fingerprint density at radius 3 is 2.39 bits per heavy atom. The van der Waals surface area contributed by atoms with Crippen molar-refractivity contribution in [3.63, 3.8) is 0 Å². The molecule has 0 aromatic heterocycles. The number of methoxy groups -OCH3 is 2. The summed E-state index contributed by atoms with van der Waals surface area (Å²) in [7, 11) is 2.69. The SMILES string of the molecule is COC(=O)[C@@H](Cc1ccccc1)NC(=O)COC(=O)c1cc(C)ccc1OC. The molecule has 0 spiro atoms. The Bertz CT molecular complexity index is 834. The molecule has 0 saturated heterocycles. The second-order valence-electron chi connectivity index (χ2n) is 6.11. The van der Waals surface area contributed by atoms with Crippen LogP contribution in [0.15, 0.2) is 48.5 Å². The zero-order chi connectivity index (χ0) is 20.5. The van der Waals surface area contributed by atoms with Gasteiger partial charge in [-0.05, 0) is 24.6 Å². The van der Waals surface area contributed by atoms with Crippen LogP contribution in [0, 0.1) is 6.92 Å². The first-order valence-corrected chi connectivity index (χ1v) is 8.67. The van der Waals surface area contributed by atoms with Crippen molar-refractivity contribution in [1.29, 1.82) is 0 Å². The summed E-state index contributed by atoms with van der Waals surface area (Å²) in [4.78, 5) is 36.4. The number of carbonyl (C=O) groups excluding carboxylic acids is 3. The smallest absolute Gasteiger partial charge is 0.342 e. The molecule has 0 aliphatic heterocycles. The van der Waals surface area contributed by atoms with Crippen LogP contribution in [0.4, 0.5) is 0 Å². The van der Waals surface area contributed by atoms with Crippen molar-refractivity contribution < 1.29 is 28.6 Å². The van der Waals surface area contributed by atoms with Gasteiger partial charge in [-0.2, -0.15) is 0 Å². The number of benzene rings is 2. The molecule has 2 aromatic rings. The first-order valence-electron chi connectivity index (χ1n) is 8.67. The number of carbonyl (C=O) groups is 3. The predicted molar refractivity (Wildman–Crippen MR) is 102 cm³/mol. The van der Waals surface area contributed by atoms with Crippen LogP contribution in [0.2, 0.25) is 0 Å². The molecule has 148 valence electrons. The molecule has 0 aliphatic carbocycles. The Balaban J connectivity index is 1.98. The van der Waals surface area contributed by atoms with Crippen LogP contribution < -0.4 is 10.1 Å². The molecule has 2 rings (SSSR count). The Labute approximate surface area is 163 Å². The van der Waals surface area contributed by atoms with E-state index in [-0.39, 0.29) is 12.0 Å². The van der Waals surface area contributed by atoms with Crippen LogP contribution in [-0.4, -0.2) is 44.7 Å². The Morgan fingerprint density at radius 2 is 1.75 bits per heavy atom. The Morgan fingerprint density at radius 1 is 1.04 bits per heavy atom. The maximum Gasteiger partial charge on any atom is 0.342 e. The highest BCUT2D eigenvalue weighted by molar-refractivity contribution is 5.94. The largest absolute Gasteiger partial charge is 0.496 e. The van der Waals surface area contributed by atoms with Gasteiger partial charge in [0.2, 0.25) is 0 Å². The summed E-state index contributed by atoms with van der Waals surface area (Å²) < 4.78 is 15.0. The first-order chi connectivity index (χ1) is 13.4. The molecule has 0 heterocycles. The van der Waals surface area contributed by atoms with Crippen molar-refractivity contribution in [2.24, 2.45) is 0 Å². The van der Waals surface area contributed by atoms with Crippen molar-refractivity contribution in [3.8, 4) is 5.75 Å². The number of hydrogen-bond donors (Lipinski definition) is 1. The molecule has 0 radical (unpaired) electrons. The van der Waals surface area contributed by atoms with Gasteiger partial charge in [-0.3, -0.25) is 4.79 Å². The van der Waals surface area contributed by atoms with Gasteiger partial charge >= 0.3 is 11.9 Å². The second-order valence-corrected chi connectivity index (χ2v) is 6.11. The molecule has 28 heavy (non-hydrogen) atoms. The van der Waals surface area contributed by atoms with Gasteiger partial charge in [-0.25, -0.2) is 9.59 Å². The number of esters is 2. The number of aryl methyl sites for hydroxylation is 1. The van der Waals surface area contributed by atoms with E-state index >= 15 is 0 Å². The molecule has 0 bridgehead atoms. The molecule has 0 unspecified atom stereocenters. The van der Waals surface area contributed by atoms with Crippen molar-refractivity contribution in [1.82, 2.24) is 5.32 Å². The lowest BCUT2D eigenvalue weighted by molar-refractivity contribution is -0.145. The van der Waals surface area contributed by atoms with E-state index in [9.17, 15) is 14.4 Å². The third-order valence-corrected chi connectivity index (χ3v) is 4.01. The molecule has 2 aromatic carbocycles. The van der Waals surface area contributed by atoms with Gasteiger partial charge in [0.1, 0.15) is 17.4 Å². The molecule has 1 atom stereocenters. The van der Waals surface area contributed by atoms with Crippen molar-refractivity contribution >= 4 is 17.8 Å². The van der Waals surface area contributed by atoms with Crippen LogP contribution >= 0.6 is 0 Å². The molecule has 1 amide bonds. The maximum absolute atomic E-state index is 12.3. The molecule has 1 N–H and O–H groups in total. The number of ether oxygens (including phenoxy) is 3. The van der Waals surface area contributed by atoms with E-state index in [0.717, 1.165) is 11.1 Å². The zero-order valence-electron chi connectivity index (χ0n) is 16.1. The van der Waals surface area contributed by atoms with Crippen LogP contribution in [-0.2, 0) is 25.5 Å². The lowest BCUT2D eigenvalue weighted by Crippen LogP contribution is -2.44. The van der Waals surface area contributed by atoms with Gasteiger partial charge in [0.15, 0.2) is 6.61 Å². The standard InChI is InChI=1S/C21H23NO6/c1-14-9-10-18(26-2)16(11-14)20(24)28-13-19(23)22-17(21(25)27-3)12-15-7-5-4-6-8-15/h4-11,17H,12-13H2,1-3H3,(H,22,23)/t17-/m1/s1.